The van der Waals surface area contributed by atoms with Crippen molar-refractivity contribution in [3.8, 4) is 0 Å². The number of hydrogen-bond acceptors (Lipinski definition) is 3. The fraction of sp³-hybridized carbons (Fsp3) is 0.417. The third kappa shape index (κ3) is 4.20. The Morgan fingerprint density at radius 1 is 1.42 bits per heavy atom. The van der Waals surface area contributed by atoms with E-state index >= 15 is 0 Å². The van der Waals surface area contributed by atoms with E-state index in [9.17, 15) is 22.4 Å². The van der Waals surface area contributed by atoms with Crippen molar-refractivity contribution in [2.24, 2.45) is 5.73 Å². The van der Waals surface area contributed by atoms with Crippen molar-refractivity contribution < 1.29 is 27.1 Å². The highest BCUT2D eigenvalue weighted by Gasteiger charge is 2.35. The number of esters is 1. The number of ether oxygens (including phenoxy) is 1. The van der Waals surface area contributed by atoms with E-state index in [1.165, 1.54) is 0 Å². The zero-order valence-corrected chi connectivity index (χ0v) is 10.1. The van der Waals surface area contributed by atoms with Gasteiger partial charge in [-0.3, -0.25) is 4.79 Å². The Kier molecular flexibility index (Phi) is 4.88. The molecule has 0 saturated heterocycles. The van der Waals surface area contributed by atoms with E-state index < -0.39 is 36.0 Å². The molecule has 0 aliphatic rings. The minimum atomic E-state index is -4.73. The third-order valence-corrected chi connectivity index (χ3v) is 2.41. The van der Waals surface area contributed by atoms with Crippen molar-refractivity contribution in [2.75, 3.05) is 6.61 Å². The molecule has 106 valence electrons. The average molecular weight is 279 g/mol. The van der Waals surface area contributed by atoms with Crippen LogP contribution in [0.25, 0.3) is 0 Å². The van der Waals surface area contributed by atoms with E-state index in [2.05, 4.69) is 4.74 Å². The number of carbonyl (C=O) groups excluding carboxylic acids is 1. The molecule has 2 N–H and O–H groups in total. The Balaban J connectivity index is 3.02. The highest BCUT2D eigenvalue weighted by atomic mass is 19.4. The van der Waals surface area contributed by atoms with Crippen LogP contribution in [0, 0.1) is 5.82 Å². The van der Waals surface area contributed by atoms with Crippen LogP contribution in [0.4, 0.5) is 17.6 Å². The van der Waals surface area contributed by atoms with Crippen molar-refractivity contribution in [1.82, 2.24) is 0 Å². The van der Waals surface area contributed by atoms with Crippen molar-refractivity contribution in [1.29, 1.82) is 0 Å². The van der Waals surface area contributed by atoms with E-state index in [4.69, 9.17) is 5.73 Å². The van der Waals surface area contributed by atoms with Crippen molar-refractivity contribution in [2.45, 2.75) is 25.6 Å². The SMILES string of the molecule is CCOC(=O)CC(N)c1ccc(F)cc1C(F)(F)F. The summed E-state index contributed by atoms with van der Waals surface area (Å²) < 4.78 is 55.7. The molecular weight excluding hydrogens is 266 g/mol. The second-order valence-corrected chi connectivity index (χ2v) is 3.84. The minimum absolute atomic E-state index is 0.112. The molecule has 0 radical (unpaired) electrons. The van der Waals surface area contributed by atoms with Crippen LogP contribution in [0.2, 0.25) is 0 Å². The molecule has 1 aromatic carbocycles. The molecule has 3 nitrogen and oxygen atoms in total. The van der Waals surface area contributed by atoms with E-state index in [0.29, 0.717) is 6.07 Å². The van der Waals surface area contributed by atoms with Crippen LogP contribution >= 0.6 is 0 Å². The highest BCUT2D eigenvalue weighted by Crippen LogP contribution is 2.35. The Morgan fingerprint density at radius 2 is 2.05 bits per heavy atom. The molecule has 0 heterocycles. The predicted octanol–water partition coefficient (Wildman–Crippen LogP) is 2.80. The smallest absolute Gasteiger partial charge is 0.416 e. The first-order valence-corrected chi connectivity index (χ1v) is 5.53. The Hall–Kier alpha value is -1.63. The third-order valence-electron chi connectivity index (χ3n) is 2.41. The van der Waals surface area contributed by atoms with Crippen LogP contribution in [0.3, 0.4) is 0 Å². The molecule has 19 heavy (non-hydrogen) atoms. The van der Waals surface area contributed by atoms with Gasteiger partial charge in [-0.15, -0.1) is 0 Å². The second-order valence-electron chi connectivity index (χ2n) is 3.84. The Morgan fingerprint density at radius 3 is 2.58 bits per heavy atom. The second kappa shape index (κ2) is 6.01. The number of hydrogen-bond donors (Lipinski definition) is 1. The van der Waals surface area contributed by atoms with Crippen molar-refractivity contribution in [3.63, 3.8) is 0 Å². The number of alkyl halides is 3. The van der Waals surface area contributed by atoms with Gasteiger partial charge < -0.3 is 10.5 Å². The normalized spacial score (nSPS) is 13.2. The molecule has 0 bridgehead atoms. The lowest BCUT2D eigenvalue weighted by Gasteiger charge is -2.17. The van der Waals surface area contributed by atoms with Gasteiger partial charge in [0.15, 0.2) is 0 Å². The first-order valence-electron chi connectivity index (χ1n) is 5.53. The molecule has 0 aliphatic heterocycles. The molecule has 0 spiro atoms. The largest absolute Gasteiger partial charge is 0.466 e. The van der Waals surface area contributed by atoms with Gasteiger partial charge in [-0.05, 0) is 24.6 Å². The van der Waals surface area contributed by atoms with Crippen LogP contribution < -0.4 is 5.73 Å². The number of rotatable bonds is 4. The van der Waals surface area contributed by atoms with Crippen molar-refractivity contribution in [3.05, 3.63) is 35.1 Å². The molecule has 7 heteroatoms. The zero-order chi connectivity index (χ0) is 14.6. The van der Waals surface area contributed by atoms with Crippen LogP contribution in [-0.2, 0) is 15.7 Å². The average Bonchev–Trinajstić information content (AvgIpc) is 2.27. The summed E-state index contributed by atoms with van der Waals surface area (Å²) in [5, 5.41) is 0. The first-order chi connectivity index (χ1) is 8.75. The molecule has 0 aliphatic carbocycles. The van der Waals surface area contributed by atoms with Gasteiger partial charge in [-0.25, -0.2) is 4.39 Å². The summed E-state index contributed by atoms with van der Waals surface area (Å²) in [6.45, 7) is 1.68. The number of halogens is 4. The quantitative estimate of drug-likeness (QED) is 0.681. The molecule has 1 unspecified atom stereocenters. The summed E-state index contributed by atoms with van der Waals surface area (Å²) in [6, 6.07) is 0.967. The number of carbonyl (C=O) groups is 1. The molecule has 1 rings (SSSR count). The summed E-state index contributed by atoms with van der Waals surface area (Å²) in [5.41, 5.74) is 4.04. The van der Waals surface area contributed by atoms with Gasteiger partial charge in [0.25, 0.3) is 0 Å². The number of nitrogens with two attached hydrogens (primary N) is 1. The van der Waals surface area contributed by atoms with Gasteiger partial charge >= 0.3 is 12.1 Å². The fourth-order valence-electron chi connectivity index (χ4n) is 1.61. The van der Waals surface area contributed by atoms with E-state index in [1.54, 1.807) is 6.92 Å². The standard InChI is InChI=1S/C12H13F4NO2/c1-2-19-11(18)6-10(17)8-4-3-7(13)5-9(8)12(14,15)16/h3-5,10H,2,6,17H2,1H3. The van der Waals surface area contributed by atoms with Crippen molar-refractivity contribution >= 4 is 5.97 Å². The van der Waals surface area contributed by atoms with Gasteiger partial charge in [0.05, 0.1) is 18.6 Å². The Bertz CT molecular complexity index is 460. The van der Waals surface area contributed by atoms with E-state index in [-0.39, 0.29) is 12.2 Å². The topological polar surface area (TPSA) is 52.3 Å². The van der Waals surface area contributed by atoms with Crippen LogP contribution in [-0.4, -0.2) is 12.6 Å². The fourth-order valence-corrected chi connectivity index (χ4v) is 1.61. The van der Waals surface area contributed by atoms with E-state index in [0.717, 1.165) is 12.1 Å². The molecule has 0 saturated carbocycles. The predicted molar refractivity (Wildman–Crippen MR) is 59.6 cm³/mol. The van der Waals surface area contributed by atoms with Crippen LogP contribution in [0.1, 0.15) is 30.5 Å². The molecule has 1 aromatic rings. The maximum Gasteiger partial charge on any atom is 0.416 e. The number of benzene rings is 1. The van der Waals surface area contributed by atoms with Gasteiger partial charge in [0.1, 0.15) is 5.82 Å². The van der Waals surface area contributed by atoms with Gasteiger partial charge in [0, 0.05) is 6.04 Å². The van der Waals surface area contributed by atoms with Gasteiger partial charge in [-0.1, -0.05) is 6.07 Å². The molecule has 1 atom stereocenters. The lowest BCUT2D eigenvalue weighted by Crippen LogP contribution is -2.21. The van der Waals surface area contributed by atoms with Gasteiger partial charge in [-0.2, -0.15) is 13.2 Å². The van der Waals surface area contributed by atoms with Crippen LogP contribution in [0.5, 0.6) is 0 Å². The summed E-state index contributed by atoms with van der Waals surface area (Å²) in [4.78, 5) is 11.2. The van der Waals surface area contributed by atoms with Gasteiger partial charge in [0.2, 0.25) is 0 Å². The minimum Gasteiger partial charge on any atom is -0.466 e. The summed E-state index contributed by atoms with van der Waals surface area (Å²) in [5.74, 6) is -1.72. The highest BCUT2D eigenvalue weighted by molar-refractivity contribution is 5.70. The lowest BCUT2D eigenvalue weighted by molar-refractivity contribution is -0.144. The zero-order valence-electron chi connectivity index (χ0n) is 10.1. The monoisotopic (exact) mass is 279 g/mol. The summed E-state index contributed by atoms with van der Waals surface area (Å²) >= 11 is 0. The molecule has 0 aromatic heterocycles. The Labute approximate surface area is 107 Å². The summed E-state index contributed by atoms with van der Waals surface area (Å²) in [6.07, 6.45) is -5.13. The maximum absolute atomic E-state index is 12.9. The summed E-state index contributed by atoms with van der Waals surface area (Å²) in [7, 11) is 0. The molecular formula is C12H13F4NO2. The maximum atomic E-state index is 12.9. The van der Waals surface area contributed by atoms with Crippen LogP contribution in [0.15, 0.2) is 18.2 Å². The first kappa shape index (κ1) is 15.4. The van der Waals surface area contributed by atoms with E-state index in [1.807, 2.05) is 0 Å². The molecule has 0 fully saturated rings. The molecule has 0 amide bonds. The lowest BCUT2D eigenvalue weighted by atomic mass is 9.98.